The van der Waals surface area contributed by atoms with Crippen LogP contribution in [0.2, 0.25) is 0 Å². The minimum atomic E-state index is -3.64. The van der Waals surface area contributed by atoms with Gasteiger partial charge in [-0.15, -0.1) is 0 Å². The number of methoxy groups -OCH3 is 1. The summed E-state index contributed by atoms with van der Waals surface area (Å²) in [6.45, 7) is 2.28. The van der Waals surface area contributed by atoms with Gasteiger partial charge in [-0.3, -0.25) is 14.0 Å². The molecular formula is C22H28N4O4S. The predicted octanol–water partition coefficient (Wildman–Crippen LogP) is 2.23. The molecule has 1 N–H and O–H groups in total. The molecule has 1 amide bonds. The van der Waals surface area contributed by atoms with Gasteiger partial charge in [-0.25, -0.2) is 13.8 Å². The van der Waals surface area contributed by atoms with Crippen LogP contribution in [0.4, 0.5) is 5.69 Å². The second kappa shape index (κ2) is 10.4. The molecule has 1 aliphatic rings. The fourth-order valence-electron chi connectivity index (χ4n) is 3.38. The van der Waals surface area contributed by atoms with Gasteiger partial charge in [-0.1, -0.05) is 30.3 Å². The molecule has 1 aliphatic heterocycles. The Bertz CT molecular complexity index is 998. The van der Waals surface area contributed by atoms with Gasteiger partial charge in [0.15, 0.2) is 0 Å². The van der Waals surface area contributed by atoms with Crippen LogP contribution in [-0.2, 0) is 21.4 Å². The molecule has 8 nitrogen and oxygen atoms in total. The lowest BCUT2D eigenvalue weighted by Gasteiger charge is -2.27. The minimum Gasteiger partial charge on any atom is -0.497 e. The van der Waals surface area contributed by atoms with Crippen LogP contribution in [-0.4, -0.2) is 57.9 Å². The van der Waals surface area contributed by atoms with Crippen LogP contribution in [0.3, 0.4) is 0 Å². The van der Waals surface area contributed by atoms with Crippen molar-refractivity contribution in [2.45, 2.75) is 19.4 Å². The number of rotatable bonds is 8. The number of carbonyl (C=O) groups excluding carboxylic acids is 1. The first-order chi connectivity index (χ1) is 14.8. The highest BCUT2D eigenvalue weighted by atomic mass is 32.2. The van der Waals surface area contributed by atoms with Crippen molar-refractivity contribution < 1.29 is 17.9 Å². The lowest BCUT2D eigenvalue weighted by molar-refractivity contribution is -0.119. The molecule has 3 rings (SSSR count). The summed E-state index contributed by atoms with van der Waals surface area (Å²) in [5, 5.41) is 4.23. The second-order valence-corrected chi connectivity index (χ2v) is 9.35. The van der Waals surface area contributed by atoms with Crippen molar-refractivity contribution in [3.63, 3.8) is 0 Å². The Morgan fingerprint density at radius 1 is 1.10 bits per heavy atom. The number of hydrogen-bond acceptors (Lipinski definition) is 6. The summed E-state index contributed by atoms with van der Waals surface area (Å²) in [5.41, 5.74) is 5.08. The Labute approximate surface area is 183 Å². The Hall–Kier alpha value is -2.91. The molecule has 0 bridgehead atoms. The maximum atomic E-state index is 12.4. The molecule has 0 aromatic heterocycles. The zero-order valence-electron chi connectivity index (χ0n) is 17.8. The van der Waals surface area contributed by atoms with E-state index in [2.05, 4.69) is 27.6 Å². The van der Waals surface area contributed by atoms with Crippen LogP contribution in [0.1, 0.15) is 18.4 Å². The van der Waals surface area contributed by atoms with Gasteiger partial charge in [-0.05, 0) is 29.8 Å². The number of ether oxygens (including phenoxy) is 1. The Balaban J connectivity index is 1.53. The molecule has 0 radical (unpaired) electrons. The topological polar surface area (TPSA) is 91.3 Å². The third-order valence-corrected chi connectivity index (χ3v) is 6.21. The van der Waals surface area contributed by atoms with Gasteiger partial charge >= 0.3 is 0 Å². The van der Waals surface area contributed by atoms with E-state index in [1.165, 1.54) is 12.7 Å². The molecule has 2 aromatic carbocycles. The number of piperidine rings is 1. The summed E-state index contributed by atoms with van der Waals surface area (Å²) in [5.74, 6) is 0.118. The fraction of sp³-hybridized carbons (Fsp3) is 0.364. The lowest BCUT2D eigenvalue weighted by atomic mass is 10.1. The SMILES string of the molecule is COc1ccc(N(CC(=O)NN=C2CCN(Cc3ccccc3)CC2)S(C)(=O)=O)cc1. The van der Waals surface area contributed by atoms with Crippen molar-refractivity contribution in [1.29, 1.82) is 0 Å². The number of benzene rings is 2. The summed E-state index contributed by atoms with van der Waals surface area (Å²) in [6.07, 6.45) is 2.60. The van der Waals surface area contributed by atoms with E-state index < -0.39 is 15.9 Å². The van der Waals surface area contributed by atoms with Gasteiger partial charge in [0.25, 0.3) is 5.91 Å². The van der Waals surface area contributed by atoms with Crippen LogP contribution in [0, 0.1) is 0 Å². The first-order valence-electron chi connectivity index (χ1n) is 10.1. The van der Waals surface area contributed by atoms with Gasteiger partial charge in [0.2, 0.25) is 10.0 Å². The van der Waals surface area contributed by atoms with E-state index in [-0.39, 0.29) is 6.54 Å². The number of nitrogens with zero attached hydrogens (tertiary/aromatic N) is 3. The number of carbonyl (C=O) groups is 1. The lowest BCUT2D eigenvalue weighted by Crippen LogP contribution is -2.40. The third-order valence-electron chi connectivity index (χ3n) is 5.07. The van der Waals surface area contributed by atoms with Gasteiger partial charge in [-0.2, -0.15) is 5.10 Å². The highest BCUT2D eigenvalue weighted by Crippen LogP contribution is 2.21. The summed E-state index contributed by atoms with van der Waals surface area (Å²) in [4.78, 5) is 14.7. The van der Waals surface area contributed by atoms with Gasteiger partial charge < -0.3 is 4.74 Å². The Kier molecular flexibility index (Phi) is 7.64. The Morgan fingerprint density at radius 2 is 1.74 bits per heavy atom. The molecule has 0 atom stereocenters. The van der Waals surface area contributed by atoms with E-state index in [4.69, 9.17) is 4.74 Å². The van der Waals surface area contributed by atoms with Crippen LogP contribution < -0.4 is 14.5 Å². The number of amides is 1. The molecule has 0 saturated carbocycles. The van der Waals surface area contributed by atoms with Crippen LogP contribution >= 0.6 is 0 Å². The molecule has 0 spiro atoms. The van der Waals surface area contributed by atoms with Crippen molar-refractivity contribution in [2.75, 3.05) is 37.3 Å². The number of sulfonamides is 1. The molecule has 1 fully saturated rings. The molecule has 1 saturated heterocycles. The quantitative estimate of drug-likeness (QED) is 0.631. The maximum absolute atomic E-state index is 12.4. The normalized spacial score (nSPS) is 14.7. The van der Waals surface area contributed by atoms with E-state index in [9.17, 15) is 13.2 Å². The second-order valence-electron chi connectivity index (χ2n) is 7.44. The number of hydrazone groups is 1. The van der Waals surface area contributed by atoms with Crippen molar-refractivity contribution >= 4 is 27.3 Å². The molecule has 2 aromatic rings. The first kappa shape index (κ1) is 22.8. The summed E-state index contributed by atoms with van der Waals surface area (Å²) in [7, 11) is -2.11. The van der Waals surface area contributed by atoms with Crippen LogP contribution in [0.25, 0.3) is 0 Å². The van der Waals surface area contributed by atoms with Crippen molar-refractivity contribution in [1.82, 2.24) is 10.3 Å². The molecule has 0 aliphatic carbocycles. The minimum absolute atomic E-state index is 0.345. The van der Waals surface area contributed by atoms with Gasteiger partial charge in [0.05, 0.1) is 19.1 Å². The predicted molar refractivity (Wildman–Crippen MR) is 122 cm³/mol. The molecule has 31 heavy (non-hydrogen) atoms. The molecule has 0 unspecified atom stereocenters. The molecule has 1 heterocycles. The average Bonchev–Trinajstić information content (AvgIpc) is 2.77. The van der Waals surface area contributed by atoms with E-state index in [0.29, 0.717) is 11.4 Å². The summed E-state index contributed by atoms with van der Waals surface area (Å²) in [6, 6.07) is 16.8. The maximum Gasteiger partial charge on any atom is 0.260 e. The third kappa shape index (κ3) is 6.80. The number of hydrogen-bond donors (Lipinski definition) is 1. The molecule has 166 valence electrons. The van der Waals surface area contributed by atoms with E-state index in [1.54, 1.807) is 24.3 Å². The zero-order chi connectivity index (χ0) is 22.3. The average molecular weight is 445 g/mol. The standard InChI is InChI=1S/C22H28N4O4S/c1-30-21-10-8-20(9-11-21)26(31(2,28)29)17-22(27)24-23-19-12-14-25(15-13-19)16-18-6-4-3-5-7-18/h3-11H,12-17H2,1-2H3,(H,24,27). The fourth-order valence-corrected chi connectivity index (χ4v) is 4.23. The number of nitrogens with one attached hydrogen (secondary N) is 1. The summed E-state index contributed by atoms with van der Waals surface area (Å²) < 4.78 is 30.5. The first-order valence-corrected chi connectivity index (χ1v) is 11.9. The highest BCUT2D eigenvalue weighted by Gasteiger charge is 2.21. The van der Waals surface area contributed by atoms with E-state index in [0.717, 1.165) is 48.7 Å². The molecule has 9 heteroatoms. The smallest absolute Gasteiger partial charge is 0.260 e. The van der Waals surface area contributed by atoms with Crippen molar-refractivity contribution in [2.24, 2.45) is 5.10 Å². The zero-order valence-corrected chi connectivity index (χ0v) is 18.6. The van der Waals surface area contributed by atoms with Crippen molar-refractivity contribution in [3.8, 4) is 5.75 Å². The largest absolute Gasteiger partial charge is 0.497 e. The monoisotopic (exact) mass is 444 g/mol. The van der Waals surface area contributed by atoms with Crippen LogP contribution in [0.15, 0.2) is 59.7 Å². The van der Waals surface area contributed by atoms with Crippen molar-refractivity contribution in [3.05, 3.63) is 60.2 Å². The van der Waals surface area contributed by atoms with Gasteiger partial charge in [0, 0.05) is 38.2 Å². The van der Waals surface area contributed by atoms with E-state index >= 15 is 0 Å². The van der Waals surface area contributed by atoms with Crippen LogP contribution in [0.5, 0.6) is 5.75 Å². The number of likely N-dealkylation sites (tertiary alicyclic amines) is 1. The highest BCUT2D eigenvalue weighted by molar-refractivity contribution is 7.92. The van der Waals surface area contributed by atoms with E-state index in [1.807, 2.05) is 18.2 Å². The number of anilines is 1. The molecular weight excluding hydrogens is 416 g/mol. The summed E-state index contributed by atoms with van der Waals surface area (Å²) >= 11 is 0. The van der Waals surface area contributed by atoms with Gasteiger partial charge in [0.1, 0.15) is 12.3 Å². The Morgan fingerprint density at radius 3 is 2.32 bits per heavy atom.